The number of para-hydroxylation sites is 3. The first-order chi connectivity index (χ1) is 21.8. The summed E-state index contributed by atoms with van der Waals surface area (Å²) in [6.07, 6.45) is 6.13. The van der Waals surface area contributed by atoms with Crippen LogP contribution in [-0.4, -0.2) is 21.1 Å². The topological polar surface area (TPSA) is 61.0 Å². The predicted octanol–water partition coefficient (Wildman–Crippen LogP) is 9.27. The van der Waals surface area contributed by atoms with Crippen LogP contribution >= 0.6 is 0 Å². The van der Waals surface area contributed by atoms with Crippen molar-refractivity contribution in [1.82, 2.24) is 15.0 Å². The number of furan rings is 1. The van der Waals surface area contributed by atoms with Crippen LogP contribution in [0.3, 0.4) is 0 Å². The molecule has 0 bridgehead atoms. The van der Waals surface area contributed by atoms with Crippen LogP contribution < -0.4 is 4.74 Å². The third-order valence-electron chi connectivity index (χ3n) is 8.53. The average molecular weight is 568 g/mol. The molecule has 0 fully saturated rings. The average Bonchev–Trinajstić information content (AvgIpc) is 3.67. The number of hydrogen-bond acceptors (Lipinski definition) is 5. The van der Waals surface area contributed by atoms with Crippen molar-refractivity contribution in [1.29, 1.82) is 0 Å². The molecule has 0 saturated heterocycles. The summed E-state index contributed by atoms with van der Waals surface area (Å²) in [6, 6.07) is 41.1. The smallest absolute Gasteiger partial charge is 0.167 e. The fourth-order valence-corrected chi connectivity index (χ4v) is 6.50. The van der Waals surface area contributed by atoms with Gasteiger partial charge >= 0.3 is 0 Å². The van der Waals surface area contributed by atoms with E-state index in [1.54, 1.807) is 0 Å². The van der Waals surface area contributed by atoms with Crippen molar-refractivity contribution in [2.45, 2.75) is 12.0 Å². The maximum atomic E-state index is 6.66. The monoisotopic (exact) mass is 567 g/mol. The molecule has 0 amide bonds. The number of ether oxygens (including phenoxy) is 1. The molecule has 0 radical (unpaired) electrons. The molecule has 208 valence electrons. The van der Waals surface area contributed by atoms with Crippen molar-refractivity contribution in [3.63, 3.8) is 0 Å². The SMILES string of the molecule is C1=CC2Oc3c(-c4ccccc4)cccc3C2C(c2nc(-c3ccccc3)nc(-c3cccc4c3oc3ccccc34)n2)=C1. The summed E-state index contributed by atoms with van der Waals surface area (Å²) < 4.78 is 13.0. The molecule has 0 spiro atoms. The molecule has 5 heteroatoms. The normalized spacial score (nSPS) is 16.9. The van der Waals surface area contributed by atoms with E-state index in [9.17, 15) is 0 Å². The molecule has 1 aliphatic heterocycles. The molecule has 2 aliphatic rings. The number of benzene rings is 5. The van der Waals surface area contributed by atoms with E-state index in [2.05, 4.69) is 72.8 Å². The van der Waals surface area contributed by atoms with E-state index < -0.39 is 0 Å². The highest BCUT2D eigenvalue weighted by molar-refractivity contribution is 6.09. The molecule has 2 atom stereocenters. The van der Waals surface area contributed by atoms with Gasteiger partial charge in [0.1, 0.15) is 23.0 Å². The summed E-state index contributed by atoms with van der Waals surface area (Å²) in [5, 5.41) is 2.10. The number of rotatable bonds is 4. The van der Waals surface area contributed by atoms with Crippen molar-refractivity contribution in [2.24, 2.45) is 0 Å². The maximum absolute atomic E-state index is 6.66. The van der Waals surface area contributed by atoms with Crippen LogP contribution in [0.5, 0.6) is 5.75 Å². The number of aromatic nitrogens is 3. The highest BCUT2D eigenvalue weighted by Crippen LogP contribution is 2.51. The molecule has 44 heavy (non-hydrogen) atoms. The zero-order valence-corrected chi connectivity index (χ0v) is 23.6. The van der Waals surface area contributed by atoms with Gasteiger partial charge in [-0.05, 0) is 23.8 Å². The summed E-state index contributed by atoms with van der Waals surface area (Å²) in [4.78, 5) is 15.2. The Balaban J connectivity index is 1.24. The highest BCUT2D eigenvalue weighted by Gasteiger charge is 2.39. The summed E-state index contributed by atoms with van der Waals surface area (Å²) >= 11 is 0. The van der Waals surface area contributed by atoms with Crippen molar-refractivity contribution in [2.75, 3.05) is 0 Å². The number of fused-ring (bicyclic) bond motifs is 6. The van der Waals surface area contributed by atoms with Gasteiger partial charge in [-0.1, -0.05) is 121 Å². The van der Waals surface area contributed by atoms with Crippen LogP contribution in [0.2, 0.25) is 0 Å². The lowest BCUT2D eigenvalue weighted by Crippen LogP contribution is -2.20. The lowest BCUT2D eigenvalue weighted by Gasteiger charge is -2.22. The van der Waals surface area contributed by atoms with E-state index in [1.807, 2.05) is 66.7 Å². The van der Waals surface area contributed by atoms with E-state index in [1.165, 1.54) is 0 Å². The largest absolute Gasteiger partial charge is 0.484 e. The predicted molar refractivity (Wildman–Crippen MR) is 174 cm³/mol. The second-order valence-corrected chi connectivity index (χ2v) is 11.1. The Kier molecular flexibility index (Phi) is 5.56. The molecular formula is C39H25N3O2. The summed E-state index contributed by atoms with van der Waals surface area (Å²) in [5.41, 5.74) is 7.71. The minimum Gasteiger partial charge on any atom is -0.484 e. The zero-order chi connectivity index (χ0) is 29.0. The van der Waals surface area contributed by atoms with Gasteiger partial charge in [0.05, 0.1) is 11.5 Å². The minimum atomic E-state index is -0.158. The second-order valence-electron chi connectivity index (χ2n) is 11.1. The van der Waals surface area contributed by atoms with Crippen molar-refractivity contribution in [3.8, 4) is 39.7 Å². The van der Waals surface area contributed by atoms with Gasteiger partial charge in [0.25, 0.3) is 0 Å². The lowest BCUT2D eigenvalue weighted by molar-refractivity contribution is 0.272. The van der Waals surface area contributed by atoms with E-state index in [0.717, 1.165) is 61.1 Å². The molecule has 7 aromatic rings. The third kappa shape index (κ3) is 3.90. The highest BCUT2D eigenvalue weighted by atomic mass is 16.5. The molecule has 3 heterocycles. The fourth-order valence-electron chi connectivity index (χ4n) is 6.50. The van der Waals surface area contributed by atoms with Crippen LogP contribution in [-0.2, 0) is 0 Å². The van der Waals surface area contributed by atoms with Crippen molar-refractivity contribution < 1.29 is 9.15 Å². The Hall–Kier alpha value is -5.81. The van der Waals surface area contributed by atoms with Gasteiger partial charge < -0.3 is 9.15 Å². The zero-order valence-electron chi connectivity index (χ0n) is 23.6. The summed E-state index contributed by atoms with van der Waals surface area (Å²) in [7, 11) is 0. The molecule has 5 aromatic carbocycles. The number of nitrogens with zero attached hydrogens (tertiary/aromatic N) is 3. The Labute approximate surface area is 253 Å². The standard InChI is InChI=1S/C39H25N3O2/c1-3-12-24(13-4-1)26-17-9-19-29-34-30(20-11-23-33(34)44-35(26)29)38-40-37(25-14-5-2-6-15-25)41-39(42-38)31-21-10-18-28-27-16-7-8-22-32(27)43-36(28)31/h1-23,33-34H. The van der Waals surface area contributed by atoms with Crippen LogP contribution in [0.25, 0.3) is 61.4 Å². The van der Waals surface area contributed by atoms with Crippen molar-refractivity contribution in [3.05, 3.63) is 151 Å². The molecule has 1 aliphatic carbocycles. The Morgan fingerprint density at radius 3 is 2.09 bits per heavy atom. The van der Waals surface area contributed by atoms with Gasteiger partial charge in [-0.3, -0.25) is 0 Å². The third-order valence-corrected chi connectivity index (χ3v) is 8.53. The summed E-state index contributed by atoms with van der Waals surface area (Å²) in [6.45, 7) is 0. The van der Waals surface area contributed by atoms with E-state index >= 15 is 0 Å². The van der Waals surface area contributed by atoms with Crippen LogP contribution in [0.1, 0.15) is 17.3 Å². The van der Waals surface area contributed by atoms with Crippen LogP contribution in [0.4, 0.5) is 0 Å². The van der Waals surface area contributed by atoms with Crippen LogP contribution in [0, 0.1) is 0 Å². The second kappa shape index (κ2) is 9.89. The first kappa shape index (κ1) is 24.8. The fraction of sp³-hybridized carbons (Fsp3) is 0.0513. The Morgan fingerprint density at radius 2 is 1.23 bits per heavy atom. The van der Waals surface area contributed by atoms with Gasteiger partial charge in [0.2, 0.25) is 0 Å². The summed E-state index contributed by atoms with van der Waals surface area (Å²) in [5.74, 6) is 2.67. The molecule has 0 N–H and O–H groups in total. The molecule has 9 rings (SSSR count). The van der Waals surface area contributed by atoms with Gasteiger partial charge in [-0.2, -0.15) is 0 Å². The maximum Gasteiger partial charge on any atom is 0.167 e. The van der Waals surface area contributed by atoms with E-state index in [0.29, 0.717) is 17.5 Å². The van der Waals surface area contributed by atoms with E-state index in [4.69, 9.17) is 24.1 Å². The Morgan fingerprint density at radius 1 is 0.545 bits per heavy atom. The minimum absolute atomic E-state index is 0.0560. The first-order valence-electron chi connectivity index (χ1n) is 14.8. The van der Waals surface area contributed by atoms with Gasteiger partial charge in [-0.15, -0.1) is 0 Å². The number of allylic oxidation sites excluding steroid dienone is 2. The quantitative estimate of drug-likeness (QED) is 0.212. The molecule has 2 aromatic heterocycles. The van der Waals surface area contributed by atoms with Crippen LogP contribution in [0.15, 0.2) is 144 Å². The molecule has 0 saturated carbocycles. The molecule has 2 unspecified atom stereocenters. The van der Waals surface area contributed by atoms with E-state index in [-0.39, 0.29) is 12.0 Å². The Bertz CT molecular complexity index is 2270. The van der Waals surface area contributed by atoms with Gasteiger partial charge in [0.15, 0.2) is 17.5 Å². The van der Waals surface area contributed by atoms with Gasteiger partial charge in [-0.25, -0.2) is 15.0 Å². The van der Waals surface area contributed by atoms with Gasteiger partial charge in [0, 0.05) is 33.0 Å². The molecule has 5 nitrogen and oxygen atoms in total. The van der Waals surface area contributed by atoms with Crippen molar-refractivity contribution >= 4 is 27.5 Å². The lowest BCUT2D eigenvalue weighted by atomic mass is 9.83. The molecular weight excluding hydrogens is 542 g/mol. The number of hydrogen-bond donors (Lipinski definition) is 0. The first-order valence-corrected chi connectivity index (χ1v) is 14.8.